The summed E-state index contributed by atoms with van der Waals surface area (Å²) in [7, 11) is 0. The largest absolute Gasteiger partial charge is 0.508 e. The van der Waals surface area contributed by atoms with E-state index in [0.717, 1.165) is 5.56 Å². The molecule has 0 aliphatic heterocycles. The zero-order chi connectivity index (χ0) is 12.1. The van der Waals surface area contributed by atoms with E-state index in [9.17, 15) is 9.90 Å². The van der Waals surface area contributed by atoms with Crippen molar-refractivity contribution in [3.63, 3.8) is 0 Å². The summed E-state index contributed by atoms with van der Waals surface area (Å²) in [6.45, 7) is 0. The second-order valence-corrected chi connectivity index (χ2v) is 3.79. The number of phenolic OH excluding ortho intramolecular Hbond substituents is 1. The van der Waals surface area contributed by atoms with Crippen molar-refractivity contribution >= 4 is 5.78 Å². The number of aryl methyl sites for hydroxylation is 1. The van der Waals surface area contributed by atoms with Gasteiger partial charge in [-0.25, -0.2) is 0 Å². The molecule has 1 aromatic carbocycles. The Hall–Kier alpha value is -2.16. The van der Waals surface area contributed by atoms with Crippen LogP contribution in [0.4, 0.5) is 0 Å². The lowest BCUT2D eigenvalue weighted by Crippen LogP contribution is -2.01. The maximum Gasteiger partial charge on any atom is 0.164 e. The Morgan fingerprint density at radius 2 is 2.00 bits per heavy atom. The van der Waals surface area contributed by atoms with Crippen molar-refractivity contribution in [2.45, 2.75) is 12.8 Å². The smallest absolute Gasteiger partial charge is 0.164 e. The van der Waals surface area contributed by atoms with Crippen LogP contribution in [0.1, 0.15) is 22.3 Å². The van der Waals surface area contributed by atoms with Crippen LogP contribution in [0.3, 0.4) is 0 Å². The molecule has 2 aromatic rings. The Kier molecular flexibility index (Phi) is 3.50. The molecule has 1 N–H and O–H groups in total. The van der Waals surface area contributed by atoms with E-state index in [4.69, 9.17) is 0 Å². The van der Waals surface area contributed by atoms with Crippen LogP contribution >= 0.6 is 0 Å². The highest BCUT2D eigenvalue weighted by atomic mass is 16.3. The fraction of sp³-hybridized carbons (Fsp3) is 0.143. The van der Waals surface area contributed by atoms with Gasteiger partial charge in [-0.15, -0.1) is 0 Å². The van der Waals surface area contributed by atoms with Gasteiger partial charge in [-0.1, -0.05) is 18.2 Å². The summed E-state index contributed by atoms with van der Waals surface area (Å²) in [5.41, 5.74) is 1.41. The molecule has 3 nitrogen and oxygen atoms in total. The first-order chi connectivity index (χ1) is 8.27. The van der Waals surface area contributed by atoms with Gasteiger partial charge in [-0.05, 0) is 30.2 Å². The lowest BCUT2D eigenvalue weighted by molar-refractivity contribution is 0.0982. The normalized spacial score (nSPS) is 10.1. The average Bonchev–Trinajstić information content (AvgIpc) is 2.38. The molecule has 86 valence electrons. The summed E-state index contributed by atoms with van der Waals surface area (Å²) in [5, 5.41) is 9.57. The fourth-order valence-corrected chi connectivity index (χ4v) is 1.64. The lowest BCUT2D eigenvalue weighted by atomic mass is 10.0. The lowest BCUT2D eigenvalue weighted by Gasteiger charge is -2.03. The maximum atomic E-state index is 11.8. The van der Waals surface area contributed by atoms with Gasteiger partial charge in [0.15, 0.2) is 5.78 Å². The quantitative estimate of drug-likeness (QED) is 0.817. The van der Waals surface area contributed by atoms with Crippen molar-refractivity contribution in [2.75, 3.05) is 0 Å². The Morgan fingerprint density at radius 1 is 1.18 bits per heavy atom. The number of benzene rings is 1. The zero-order valence-electron chi connectivity index (χ0n) is 9.34. The first-order valence-electron chi connectivity index (χ1n) is 5.47. The number of aromatic hydroxyl groups is 1. The molecular formula is C14H13NO2. The molecule has 0 saturated carbocycles. The number of Topliss-reactive ketones (excluding diaryl/α,β-unsaturated/α-hetero) is 1. The molecule has 17 heavy (non-hydrogen) atoms. The second kappa shape index (κ2) is 5.25. The molecule has 2 rings (SSSR count). The summed E-state index contributed by atoms with van der Waals surface area (Å²) in [6, 6.07) is 10.6. The molecule has 0 spiro atoms. The molecule has 0 amide bonds. The van der Waals surface area contributed by atoms with Gasteiger partial charge in [0.05, 0.1) is 0 Å². The minimum absolute atomic E-state index is 0.0429. The maximum absolute atomic E-state index is 11.8. The van der Waals surface area contributed by atoms with E-state index < -0.39 is 0 Å². The van der Waals surface area contributed by atoms with E-state index in [2.05, 4.69) is 4.98 Å². The standard InChI is InChI=1S/C14H13NO2/c16-13-6-2-1-4-11(13)7-8-14(17)12-5-3-9-15-10-12/h1-6,9-10,16H,7-8H2. The number of para-hydroxylation sites is 1. The molecule has 1 aromatic heterocycles. The van der Waals surface area contributed by atoms with E-state index >= 15 is 0 Å². The molecule has 0 atom stereocenters. The SMILES string of the molecule is O=C(CCc1ccccc1O)c1cccnc1. The van der Waals surface area contributed by atoms with Crippen molar-refractivity contribution in [2.24, 2.45) is 0 Å². The molecule has 0 aliphatic rings. The van der Waals surface area contributed by atoms with Crippen molar-refractivity contribution in [1.82, 2.24) is 4.98 Å². The number of ketones is 1. The third kappa shape index (κ3) is 2.91. The zero-order valence-corrected chi connectivity index (χ0v) is 9.34. The van der Waals surface area contributed by atoms with E-state index in [1.54, 1.807) is 36.7 Å². The fourth-order valence-electron chi connectivity index (χ4n) is 1.64. The number of carbonyl (C=O) groups excluding carboxylic acids is 1. The monoisotopic (exact) mass is 227 g/mol. The first-order valence-corrected chi connectivity index (χ1v) is 5.47. The minimum Gasteiger partial charge on any atom is -0.508 e. The first kappa shape index (κ1) is 11.3. The predicted molar refractivity (Wildman–Crippen MR) is 65.0 cm³/mol. The minimum atomic E-state index is 0.0429. The van der Waals surface area contributed by atoms with E-state index in [1.165, 1.54) is 0 Å². The predicted octanol–water partition coefficient (Wildman–Crippen LogP) is 2.60. The van der Waals surface area contributed by atoms with E-state index in [1.807, 2.05) is 12.1 Å². The molecule has 0 radical (unpaired) electrons. The number of nitrogens with zero attached hydrogens (tertiary/aromatic N) is 1. The van der Waals surface area contributed by atoms with Crippen LogP contribution in [0, 0.1) is 0 Å². The molecule has 0 fully saturated rings. The van der Waals surface area contributed by atoms with Gasteiger partial charge in [-0.2, -0.15) is 0 Å². The van der Waals surface area contributed by atoms with Crippen LogP contribution < -0.4 is 0 Å². The van der Waals surface area contributed by atoms with Gasteiger partial charge >= 0.3 is 0 Å². The van der Waals surface area contributed by atoms with Gasteiger partial charge in [0, 0.05) is 24.4 Å². The summed E-state index contributed by atoms with van der Waals surface area (Å²) < 4.78 is 0. The highest BCUT2D eigenvalue weighted by molar-refractivity contribution is 5.95. The average molecular weight is 227 g/mol. The van der Waals surface area contributed by atoms with Crippen LogP contribution in [0.5, 0.6) is 5.75 Å². The summed E-state index contributed by atoms with van der Waals surface area (Å²) in [6.07, 6.45) is 4.12. The molecule has 0 unspecified atom stereocenters. The van der Waals surface area contributed by atoms with Crippen molar-refractivity contribution < 1.29 is 9.90 Å². The highest BCUT2D eigenvalue weighted by Gasteiger charge is 2.07. The van der Waals surface area contributed by atoms with Crippen LogP contribution in [0.25, 0.3) is 0 Å². The number of pyridine rings is 1. The third-order valence-corrected chi connectivity index (χ3v) is 2.60. The molecule has 0 bridgehead atoms. The number of rotatable bonds is 4. The molecule has 1 heterocycles. The highest BCUT2D eigenvalue weighted by Crippen LogP contribution is 2.18. The van der Waals surface area contributed by atoms with Crippen LogP contribution in [0.15, 0.2) is 48.8 Å². The van der Waals surface area contributed by atoms with Gasteiger partial charge in [0.2, 0.25) is 0 Å². The third-order valence-electron chi connectivity index (χ3n) is 2.60. The molecular weight excluding hydrogens is 214 g/mol. The van der Waals surface area contributed by atoms with Crippen molar-refractivity contribution in [3.8, 4) is 5.75 Å². The second-order valence-electron chi connectivity index (χ2n) is 3.79. The van der Waals surface area contributed by atoms with Crippen LogP contribution in [-0.4, -0.2) is 15.9 Å². The van der Waals surface area contributed by atoms with Crippen LogP contribution in [0.2, 0.25) is 0 Å². The number of hydrogen-bond acceptors (Lipinski definition) is 3. The number of aromatic nitrogens is 1. The van der Waals surface area contributed by atoms with Gasteiger partial charge in [0.25, 0.3) is 0 Å². The molecule has 3 heteroatoms. The van der Waals surface area contributed by atoms with Gasteiger partial charge < -0.3 is 5.11 Å². The van der Waals surface area contributed by atoms with E-state index in [0.29, 0.717) is 18.4 Å². The van der Waals surface area contributed by atoms with E-state index in [-0.39, 0.29) is 11.5 Å². The summed E-state index contributed by atoms with van der Waals surface area (Å²) >= 11 is 0. The summed E-state index contributed by atoms with van der Waals surface area (Å²) in [4.78, 5) is 15.7. The van der Waals surface area contributed by atoms with Crippen molar-refractivity contribution in [3.05, 3.63) is 59.9 Å². The topological polar surface area (TPSA) is 50.2 Å². The Balaban J connectivity index is 2.00. The Morgan fingerprint density at radius 3 is 2.71 bits per heavy atom. The Labute approximate surface area is 99.8 Å². The van der Waals surface area contributed by atoms with Gasteiger partial charge in [0.1, 0.15) is 5.75 Å². The van der Waals surface area contributed by atoms with Gasteiger partial charge in [-0.3, -0.25) is 9.78 Å². The van der Waals surface area contributed by atoms with Crippen LogP contribution in [-0.2, 0) is 6.42 Å². The van der Waals surface area contributed by atoms with Crippen molar-refractivity contribution in [1.29, 1.82) is 0 Å². The molecule has 0 saturated heterocycles. The number of phenols is 1. The number of hydrogen-bond donors (Lipinski definition) is 1. The summed E-state index contributed by atoms with van der Waals surface area (Å²) in [5.74, 6) is 0.285. The molecule has 0 aliphatic carbocycles. The Bertz CT molecular complexity index is 509. The number of carbonyl (C=O) groups is 1.